The number of nitrogens with one attached hydrogen (secondary N) is 1. The molecule has 94 valence electrons. The van der Waals surface area contributed by atoms with Gasteiger partial charge in [0.25, 0.3) is 0 Å². The fraction of sp³-hybridized carbons (Fsp3) is 0.917. The van der Waals surface area contributed by atoms with E-state index in [1.54, 1.807) is 0 Å². The molecule has 0 spiro atoms. The summed E-state index contributed by atoms with van der Waals surface area (Å²) in [6, 6.07) is 0.918. The number of unbranched alkanes of at least 4 members (excludes halogenated alkanes) is 1. The predicted molar refractivity (Wildman–Crippen MR) is 67.3 cm³/mol. The highest BCUT2D eigenvalue weighted by molar-refractivity contribution is 6.17. The summed E-state index contributed by atoms with van der Waals surface area (Å²) >= 11 is 5.58. The largest absolute Gasteiger partial charge is 0.288 e. The second-order valence-corrected chi connectivity index (χ2v) is 5.10. The molecule has 0 bridgehead atoms. The van der Waals surface area contributed by atoms with Crippen molar-refractivity contribution in [2.75, 3.05) is 5.88 Å². The van der Waals surface area contributed by atoms with Gasteiger partial charge in [-0.1, -0.05) is 6.42 Å². The molecule has 1 saturated heterocycles. The summed E-state index contributed by atoms with van der Waals surface area (Å²) in [5.41, 5.74) is 3.03. The molecule has 1 aliphatic rings. The van der Waals surface area contributed by atoms with Gasteiger partial charge in [-0.3, -0.25) is 10.2 Å². The van der Waals surface area contributed by atoms with E-state index in [2.05, 4.69) is 24.3 Å². The van der Waals surface area contributed by atoms with Crippen LogP contribution in [0.15, 0.2) is 0 Å². The van der Waals surface area contributed by atoms with Crippen LogP contribution in [0.1, 0.15) is 52.4 Å². The first-order chi connectivity index (χ1) is 7.65. The van der Waals surface area contributed by atoms with Crippen molar-refractivity contribution < 1.29 is 4.79 Å². The lowest BCUT2D eigenvalue weighted by molar-refractivity contribution is -0.129. The standard InChI is InChI=1S/C12H23ClN2O/c1-10-6-5-7-11(2)15(10)14-12(16)8-3-4-9-13/h10-11H,3-9H2,1-2H3,(H,14,16). The Morgan fingerprint density at radius 1 is 1.31 bits per heavy atom. The Morgan fingerprint density at radius 3 is 2.50 bits per heavy atom. The molecule has 16 heavy (non-hydrogen) atoms. The topological polar surface area (TPSA) is 32.3 Å². The Hall–Kier alpha value is -0.280. The number of carbonyl (C=O) groups excluding carboxylic acids is 1. The predicted octanol–water partition coefficient (Wildman–Crippen LogP) is 2.69. The molecule has 0 saturated carbocycles. The summed E-state index contributed by atoms with van der Waals surface area (Å²) in [5.74, 6) is 0.773. The summed E-state index contributed by atoms with van der Waals surface area (Å²) in [6.45, 7) is 4.35. The number of alkyl halides is 1. The zero-order chi connectivity index (χ0) is 12.0. The van der Waals surface area contributed by atoms with Crippen molar-refractivity contribution in [1.82, 2.24) is 10.4 Å². The summed E-state index contributed by atoms with van der Waals surface area (Å²) in [4.78, 5) is 11.7. The minimum atomic E-state index is 0.130. The first kappa shape index (κ1) is 13.8. The van der Waals surface area contributed by atoms with Crippen molar-refractivity contribution in [2.24, 2.45) is 0 Å². The average Bonchev–Trinajstić information content (AvgIpc) is 2.24. The lowest BCUT2D eigenvalue weighted by Gasteiger charge is -2.38. The van der Waals surface area contributed by atoms with E-state index < -0.39 is 0 Å². The van der Waals surface area contributed by atoms with E-state index in [0.29, 0.717) is 24.4 Å². The fourth-order valence-corrected chi connectivity index (χ4v) is 2.41. The second-order valence-electron chi connectivity index (χ2n) is 4.72. The number of halogens is 1. The minimum Gasteiger partial charge on any atom is -0.288 e. The maximum Gasteiger partial charge on any atom is 0.234 e. The number of carbonyl (C=O) groups is 1. The Morgan fingerprint density at radius 2 is 1.94 bits per heavy atom. The first-order valence-electron chi connectivity index (χ1n) is 6.29. The van der Waals surface area contributed by atoms with Crippen LogP contribution in [-0.2, 0) is 4.79 Å². The third kappa shape index (κ3) is 4.30. The minimum absolute atomic E-state index is 0.130. The van der Waals surface area contributed by atoms with Gasteiger partial charge in [0.05, 0.1) is 0 Å². The quantitative estimate of drug-likeness (QED) is 0.598. The molecule has 1 aliphatic heterocycles. The summed E-state index contributed by atoms with van der Waals surface area (Å²) in [6.07, 6.45) is 5.99. The molecule has 0 aromatic carbocycles. The molecule has 0 aromatic rings. The lowest BCUT2D eigenvalue weighted by atomic mass is 10.00. The van der Waals surface area contributed by atoms with Crippen LogP contribution < -0.4 is 5.43 Å². The van der Waals surface area contributed by atoms with Gasteiger partial charge in [0.15, 0.2) is 0 Å². The van der Waals surface area contributed by atoms with Crippen LogP contribution in [-0.4, -0.2) is 28.9 Å². The molecule has 0 radical (unpaired) electrons. The summed E-state index contributed by atoms with van der Waals surface area (Å²) < 4.78 is 0. The van der Waals surface area contributed by atoms with Gasteiger partial charge in [-0.15, -0.1) is 11.6 Å². The SMILES string of the molecule is CC1CCCC(C)N1NC(=O)CCCCCl. The van der Waals surface area contributed by atoms with E-state index in [-0.39, 0.29) is 5.91 Å². The van der Waals surface area contributed by atoms with Crippen molar-refractivity contribution in [2.45, 2.75) is 64.5 Å². The van der Waals surface area contributed by atoms with Gasteiger partial charge in [-0.25, -0.2) is 5.01 Å². The third-order valence-corrected chi connectivity index (χ3v) is 3.50. The molecule has 0 aromatic heterocycles. The maximum absolute atomic E-state index is 11.7. The number of piperidine rings is 1. The molecule has 2 atom stereocenters. The van der Waals surface area contributed by atoms with Gasteiger partial charge in [0.2, 0.25) is 5.91 Å². The Bertz CT molecular complexity index is 213. The van der Waals surface area contributed by atoms with Gasteiger partial charge in [-0.2, -0.15) is 0 Å². The van der Waals surface area contributed by atoms with Crippen LogP contribution in [0.2, 0.25) is 0 Å². The van der Waals surface area contributed by atoms with Crippen molar-refractivity contribution >= 4 is 17.5 Å². The zero-order valence-electron chi connectivity index (χ0n) is 10.3. The average molecular weight is 247 g/mol. The van der Waals surface area contributed by atoms with Crippen LogP contribution >= 0.6 is 11.6 Å². The van der Waals surface area contributed by atoms with Crippen molar-refractivity contribution in [3.05, 3.63) is 0 Å². The molecule has 3 nitrogen and oxygen atoms in total. The van der Waals surface area contributed by atoms with Gasteiger partial charge < -0.3 is 0 Å². The number of hydrazine groups is 1. The number of nitrogens with zero attached hydrogens (tertiary/aromatic N) is 1. The molecule has 1 fully saturated rings. The summed E-state index contributed by atoms with van der Waals surface area (Å²) in [7, 11) is 0. The highest BCUT2D eigenvalue weighted by Crippen LogP contribution is 2.20. The van der Waals surface area contributed by atoms with Crippen molar-refractivity contribution in [1.29, 1.82) is 0 Å². The fourth-order valence-electron chi connectivity index (χ4n) is 2.22. The van der Waals surface area contributed by atoms with Crippen molar-refractivity contribution in [3.8, 4) is 0 Å². The van der Waals surface area contributed by atoms with E-state index in [4.69, 9.17) is 11.6 Å². The van der Waals surface area contributed by atoms with Crippen LogP contribution in [0.3, 0.4) is 0 Å². The lowest BCUT2D eigenvalue weighted by Crippen LogP contribution is -2.54. The highest BCUT2D eigenvalue weighted by atomic mass is 35.5. The second kappa shape index (κ2) is 7.13. The first-order valence-corrected chi connectivity index (χ1v) is 6.82. The summed E-state index contributed by atoms with van der Waals surface area (Å²) in [5, 5.41) is 2.12. The van der Waals surface area contributed by atoms with Crippen LogP contribution in [0.25, 0.3) is 0 Å². The van der Waals surface area contributed by atoms with Gasteiger partial charge >= 0.3 is 0 Å². The van der Waals surface area contributed by atoms with Crippen LogP contribution in [0, 0.1) is 0 Å². The molecule has 1 N–H and O–H groups in total. The van der Waals surface area contributed by atoms with Crippen LogP contribution in [0.4, 0.5) is 0 Å². The maximum atomic E-state index is 11.7. The smallest absolute Gasteiger partial charge is 0.234 e. The van der Waals surface area contributed by atoms with E-state index in [0.717, 1.165) is 12.8 Å². The molecule has 0 aliphatic carbocycles. The highest BCUT2D eigenvalue weighted by Gasteiger charge is 2.25. The molecule has 4 heteroatoms. The van der Waals surface area contributed by atoms with E-state index in [1.807, 2.05) is 0 Å². The van der Waals surface area contributed by atoms with Crippen molar-refractivity contribution in [3.63, 3.8) is 0 Å². The van der Waals surface area contributed by atoms with Gasteiger partial charge in [-0.05, 0) is 39.5 Å². The van der Waals surface area contributed by atoms with E-state index in [9.17, 15) is 4.79 Å². The monoisotopic (exact) mass is 246 g/mol. The molecule has 1 heterocycles. The van der Waals surface area contributed by atoms with E-state index in [1.165, 1.54) is 19.3 Å². The Kier molecular flexibility index (Phi) is 6.14. The number of hydrogen-bond donors (Lipinski definition) is 1. The Balaban J connectivity index is 2.30. The molecular formula is C12H23ClN2O. The normalized spacial score (nSPS) is 26.7. The van der Waals surface area contributed by atoms with E-state index >= 15 is 0 Å². The molecular weight excluding hydrogens is 224 g/mol. The zero-order valence-corrected chi connectivity index (χ0v) is 11.1. The number of rotatable bonds is 5. The van der Waals surface area contributed by atoms with Crippen LogP contribution in [0.5, 0.6) is 0 Å². The van der Waals surface area contributed by atoms with Gasteiger partial charge in [0, 0.05) is 24.4 Å². The molecule has 2 unspecified atom stereocenters. The third-order valence-electron chi connectivity index (χ3n) is 3.23. The molecule has 1 rings (SSSR count). The van der Waals surface area contributed by atoms with Gasteiger partial charge in [0.1, 0.15) is 0 Å². The Labute approximate surface area is 103 Å². The molecule has 1 amide bonds. The number of amides is 1. The number of hydrogen-bond acceptors (Lipinski definition) is 2.